The maximum absolute atomic E-state index is 6.00. The van der Waals surface area contributed by atoms with Crippen LogP contribution in [0.2, 0.25) is 5.02 Å². The third-order valence-electron chi connectivity index (χ3n) is 3.42. The van der Waals surface area contributed by atoms with Gasteiger partial charge in [-0.25, -0.2) is 4.98 Å². The number of nitrogens with two attached hydrogens (primary N) is 1. The van der Waals surface area contributed by atoms with E-state index in [0.717, 1.165) is 32.7 Å². The van der Waals surface area contributed by atoms with Crippen LogP contribution in [-0.4, -0.2) is 15.2 Å². The summed E-state index contributed by atoms with van der Waals surface area (Å²) in [6, 6.07) is 11.6. The predicted molar refractivity (Wildman–Crippen MR) is 92.9 cm³/mol. The molecule has 0 bridgehead atoms. The molecule has 1 aromatic heterocycles. The number of nitrogen functional groups attached to an aromatic ring is 1. The zero-order valence-electron chi connectivity index (χ0n) is 11.9. The monoisotopic (exact) mass is 376 g/mol. The lowest BCUT2D eigenvalue weighted by Crippen LogP contribution is -1.92. The van der Waals surface area contributed by atoms with Gasteiger partial charge in [-0.05, 0) is 52.2 Å². The van der Waals surface area contributed by atoms with Crippen LogP contribution < -0.4 is 5.73 Å². The molecule has 6 heteroatoms. The van der Waals surface area contributed by atoms with Gasteiger partial charge in [0.25, 0.3) is 0 Å². The van der Waals surface area contributed by atoms with E-state index in [9.17, 15) is 0 Å². The van der Waals surface area contributed by atoms with Crippen molar-refractivity contribution in [1.82, 2.24) is 15.2 Å². The molecule has 0 saturated carbocycles. The first-order chi connectivity index (χ1) is 10.5. The highest BCUT2D eigenvalue weighted by atomic mass is 79.9. The molecule has 3 rings (SSSR count). The van der Waals surface area contributed by atoms with Crippen LogP contribution in [0, 0.1) is 6.92 Å². The van der Waals surface area contributed by atoms with Crippen LogP contribution in [0.1, 0.15) is 17.0 Å². The SMILES string of the molecule is Cc1ccc(-c2n[nH]c(Cc3ccc(Cl)c(Br)c3)n2)cc1N. The lowest BCUT2D eigenvalue weighted by Gasteiger charge is -2.01. The summed E-state index contributed by atoms with van der Waals surface area (Å²) in [7, 11) is 0. The van der Waals surface area contributed by atoms with Crippen molar-refractivity contribution in [3.8, 4) is 11.4 Å². The van der Waals surface area contributed by atoms with Gasteiger partial charge in [0.2, 0.25) is 0 Å². The minimum atomic E-state index is 0.648. The summed E-state index contributed by atoms with van der Waals surface area (Å²) >= 11 is 9.42. The summed E-state index contributed by atoms with van der Waals surface area (Å²) in [6.45, 7) is 1.97. The number of nitrogens with zero attached hydrogens (tertiary/aromatic N) is 2. The van der Waals surface area contributed by atoms with Crippen LogP contribution in [0.4, 0.5) is 5.69 Å². The molecular formula is C16H14BrClN4. The Labute approximate surface area is 141 Å². The summed E-state index contributed by atoms with van der Waals surface area (Å²) in [5.74, 6) is 1.44. The van der Waals surface area contributed by atoms with Crippen molar-refractivity contribution in [2.75, 3.05) is 5.73 Å². The first-order valence-corrected chi connectivity index (χ1v) is 7.92. The van der Waals surface area contributed by atoms with E-state index in [1.54, 1.807) is 0 Å². The molecule has 0 unspecified atom stereocenters. The molecule has 0 amide bonds. The number of aryl methyl sites for hydroxylation is 1. The quantitative estimate of drug-likeness (QED) is 0.666. The van der Waals surface area contributed by atoms with E-state index < -0.39 is 0 Å². The lowest BCUT2D eigenvalue weighted by atomic mass is 10.1. The minimum absolute atomic E-state index is 0.648. The van der Waals surface area contributed by atoms with Crippen molar-refractivity contribution in [3.63, 3.8) is 0 Å². The molecule has 22 heavy (non-hydrogen) atoms. The molecule has 3 N–H and O–H groups in total. The fourth-order valence-electron chi connectivity index (χ4n) is 2.13. The third kappa shape index (κ3) is 3.15. The van der Waals surface area contributed by atoms with E-state index in [0.29, 0.717) is 17.3 Å². The average molecular weight is 378 g/mol. The predicted octanol–water partition coefficient (Wildman–Crippen LogP) is 4.37. The maximum atomic E-state index is 6.00. The third-order valence-corrected chi connectivity index (χ3v) is 4.64. The van der Waals surface area contributed by atoms with Gasteiger partial charge in [-0.2, -0.15) is 5.10 Å². The highest BCUT2D eigenvalue weighted by Gasteiger charge is 2.08. The molecule has 0 aliphatic heterocycles. The van der Waals surface area contributed by atoms with E-state index in [-0.39, 0.29) is 0 Å². The van der Waals surface area contributed by atoms with E-state index in [4.69, 9.17) is 17.3 Å². The van der Waals surface area contributed by atoms with Crippen molar-refractivity contribution in [1.29, 1.82) is 0 Å². The number of aromatic amines is 1. The number of nitrogens with one attached hydrogen (secondary N) is 1. The highest BCUT2D eigenvalue weighted by molar-refractivity contribution is 9.10. The van der Waals surface area contributed by atoms with Gasteiger partial charge in [-0.15, -0.1) is 0 Å². The number of hydrogen-bond acceptors (Lipinski definition) is 3. The lowest BCUT2D eigenvalue weighted by molar-refractivity contribution is 0.972. The molecule has 0 aliphatic rings. The van der Waals surface area contributed by atoms with Gasteiger partial charge in [0.1, 0.15) is 5.82 Å². The first kappa shape index (κ1) is 15.1. The van der Waals surface area contributed by atoms with E-state index in [2.05, 4.69) is 31.1 Å². The van der Waals surface area contributed by atoms with Crippen molar-refractivity contribution < 1.29 is 0 Å². The summed E-state index contributed by atoms with van der Waals surface area (Å²) in [6.07, 6.45) is 0.657. The summed E-state index contributed by atoms with van der Waals surface area (Å²) in [4.78, 5) is 4.53. The second-order valence-corrected chi connectivity index (χ2v) is 6.36. The van der Waals surface area contributed by atoms with Crippen LogP contribution in [0.5, 0.6) is 0 Å². The molecule has 0 atom stereocenters. The molecule has 4 nitrogen and oxygen atoms in total. The number of rotatable bonds is 3. The van der Waals surface area contributed by atoms with Crippen molar-refractivity contribution >= 4 is 33.2 Å². The maximum Gasteiger partial charge on any atom is 0.181 e. The number of halogens is 2. The Hall–Kier alpha value is -1.85. The molecule has 3 aromatic rings. The zero-order valence-corrected chi connectivity index (χ0v) is 14.2. The molecule has 0 spiro atoms. The van der Waals surface area contributed by atoms with Gasteiger partial charge < -0.3 is 5.73 Å². The van der Waals surface area contributed by atoms with Gasteiger partial charge >= 0.3 is 0 Å². The van der Waals surface area contributed by atoms with Crippen molar-refractivity contribution in [2.24, 2.45) is 0 Å². The summed E-state index contributed by atoms with van der Waals surface area (Å²) in [5.41, 5.74) is 9.73. The average Bonchev–Trinajstić information content (AvgIpc) is 2.94. The zero-order chi connectivity index (χ0) is 15.7. The first-order valence-electron chi connectivity index (χ1n) is 6.74. The van der Waals surface area contributed by atoms with Gasteiger partial charge in [0.15, 0.2) is 5.82 Å². The number of hydrogen-bond donors (Lipinski definition) is 2. The second kappa shape index (κ2) is 6.10. The Kier molecular flexibility index (Phi) is 4.18. The number of anilines is 1. The minimum Gasteiger partial charge on any atom is -0.398 e. The Morgan fingerprint density at radius 2 is 2.05 bits per heavy atom. The Morgan fingerprint density at radius 3 is 2.77 bits per heavy atom. The number of aromatic nitrogens is 3. The molecular weight excluding hydrogens is 364 g/mol. The summed E-state index contributed by atoms with van der Waals surface area (Å²) < 4.78 is 0.873. The Bertz CT molecular complexity index is 829. The topological polar surface area (TPSA) is 67.6 Å². The van der Waals surface area contributed by atoms with Crippen LogP contribution in [0.25, 0.3) is 11.4 Å². The second-order valence-electron chi connectivity index (χ2n) is 5.10. The van der Waals surface area contributed by atoms with Gasteiger partial charge in [-0.1, -0.05) is 29.8 Å². The largest absolute Gasteiger partial charge is 0.398 e. The molecule has 112 valence electrons. The fourth-order valence-corrected chi connectivity index (χ4v) is 2.67. The van der Waals surface area contributed by atoms with Crippen molar-refractivity contribution in [2.45, 2.75) is 13.3 Å². The summed E-state index contributed by atoms with van der Waals surface area (Å²) in [5, 5.41) is 7.93. The Balaban J connectivity index is 1.84. The molecule has 0 aliphatic carbocycles. The standard InChI is InChI=1S/C16H14BrClN4/c1-9-2-4-11(8-14(9)19)16-20-15(21-22-16)7-10-3-5-13(18)12(17)6-10/h2-6,8H,7,19H2,1H3,(H,20,21,22). The van der Waals surface area contributed by atoms with Gasteiger partial charge in [-0.3, -0.25) is 5.10 Å². The van der Waals surface area contributed by atoms with Crippen LogP contribution in [-0.2, 0) is 6.42 Å². The van der Waals surface area contributed by atoms with Gasteiger partial charge in [0, 0.05) is 22.1 Å². The smallest absolute Gasteiger partial charge is 0.181 e. The van der Waals surface area contributed by atoms with Crippen LogP contribution >= 0.6 is 27.5 Å². The van der Waals surface area contributed by atoms with E-state index >= 15 is 0 Å². The molecule has 0 radical (unpaired) electrons. The normalized spacial score (nSPS) is 10.9. The van der Waals surface area contributed by atoms with Gasteiger partial charge in [0.05, 0.1) is 5.02 Å². The molecule has 0 fully saturated rings. The van der Waals surface area contributed by atoms with Crippen molar-refractivity contribution in [3.05, 3.63) is 62.8 Å². The van der Waals surface area contributed by atoms with E-state index in [1.807, 2.05) is 43.3 Å². The fraction of sp³-hybridized carbons (Fsp3) is 0.125. The highest BCUT2D eigenvalue weighted by Crippen LogP contribution is 2.25. The molecule has 1 heterocycles. The molecule has 2 aromatic carbocycles. The number of benzene rings is 2. The Morgan fingerprint density at radius 1 is 1.23 bits per heavy atom. The number of H-pyrrole nitrogens is 1. The van der Waals surface area contributed by atoms with Crippen LogP contribution in [0.3, 0.4) is 0 Å². The van der Waals surface area contributed by atoms with E-state index in [1.165, 1.54) is 0 Å². The molecule has 0 saturated heterocycles. The van der Waals surface area contributed by atoms with Crippen LogP contribution in [0.15, 0.2) is 40.9 Å².